The van der Waals surface area contributed by atoms with Crippen LogP contribution in [-0.2, 0) is 4.79 Å². The number of urea groups is 1. The number of amides is 2. The summed E-state index contributed by atoms with van der Waals surface area (Å²) >= 11 is 0. The van der Waals surface area contributed by atoms with Gasteiger partial charge in [0, 0.05) is 12.6 Å². The molecule has 1 unspecified atom stereocenters. The highest BCUT2D eigenvalue weighted by Crippen LogP contribution is 2.27. The molecule has 5 heteroatoms. The molecule has 1 aliphatic heterocycles. The summed E-state index contributed by atoms with van der Waals surface area (Å²) in [6.45, 7) is 2.78. The van der Waals surface area contributed by atoms with Crippen molar-refractivity contribution in [1.29, 1.82) is 0 Å². The molecule has 19 heavy (non-hydrogen) atoms. The normalized spacial score (nSPS) is 31.2. The van der Waals surface area contributed by atoms with E-state index in [1.54, 1.807) is 0 Å². The standard InChI is InChI=1S/C14H24N2O3/c1-2-10-5-7-11(8-6-10)15-14(19)16-9-3-4-12(16)13(17)18/h10-12H,2-9H2,1H3,(H,15,19)(H,17,18). The molecule has 0 aromatic rings. The summed E-state index contributed by atoms with van der Waals surface area (Å²) in [5, 5.41) is 12.1. The van der Waals surface area contributed by atoms with Crippen molar-refractivity contribution in [3.8, 4) is 0 Å². The molecule has 1 saturated heterocycles. The average Bonchev–Trinajstić information content (AvgIpc) is 2.89. The van der Waals surface area contributed by atoms with Gasteiger partial charge in [-0.05, 0) is 44.4 Å². The minimum absolute atomic E-state index is 0.190. The molecule has 5 nitrogen and oxygen atoms in total. The molecule has 108 valence electrons. The second-order valence-corrected chi connectivity index (χ2v) is 5.77. The highest BCUT2D eigenvalue weighted by molar-refractivity contribution is 5.83. The average molecular weight is 268 g/mol. The van der Waals surface area contributed by atoms with Crippen LogP contribution in [0.2, 0.25) is 0 Å². The molecule has 1 aliphatic carbocycles. The van der Waals surface area contributed by atoms with Crippen LogP contribution in [0.25, 0.3) is 0 Å². The Morgan fingerprint density at radius 2 is 1.89 bits per heavy atom. The number of nitrogens with one attached hydrogen (secondary N) is 1. The van der Waals surface area contributed by atoms with E-state index in [2.05, 4.69) is 12.2 Å². The SMILES string of the molecule is CCC1CCC(NC(=O)N2CCCC2C(=O)O)CC1. The summed E-state index contributed by atoms with van der Waals surface area (Å²) < 4.78 is 0. The molecule has 2 amide bonds. The largest absolute Gasteiger partial charge is 0.480 e. The minimum Gasteiger partial charge on any atom is -0.480 e. The Labute approximate surface area is 114 Å². The van der Waals surface area contributed by atoms with E-state index in [1.807, 2.05) is 0 Å². The summed E-state index contributed by atoms with van der Waals surface area (Å²) in [7, 11) is 0. The Balaban J connectivity index is 1.82. The summed E-state index contributed by atoms with van der Waals surface area (Å²) in [4.78, 5) is 24.7. The van der Waals surface area contributed by atoms with Gasteiger partial charge in [0.05, 0.1) is 0 Å². The van der Waals surface area contributed by atoms with Crippen LogP contribution in [0.15, 0.2) is 0 Å². The number of hydrogen-bond donors (Lipinski definition) is 2. The Bertz CT molecular complexity index is 338. The van der Waals surface area contributed by atoms with Gasteiger partial charge in [-0.2, -0.15) is 0 Å². The molecular formula is C14H24N2O3. The molecule has 0 aromatic heterocycles. The maximum Gasteiger partial charge on any atom is 0.326 e. The number of nitrogens with zero attached hydrogens (tertiary/aromatic N) is 1. The van der Waals surface area contributed by atoms with E-state index in [1.165, 1.54) is 24.2 Å². The number of carboxylic acids is 1. The second-order valence-electron chi connectivity index (χ2n) is 5.77. The van der Waals surface area contributed by atoms with Gasteiger partial charge in [0.15, 0.2) is 0 Å². The van der Waals surface area contributed by atoms with E-state index in [9.17, 15) is 9.59 Å². The number of likely N-dealkylation sites (tertiary alicyclic amines) is 1. The number of aliphatic carboxylic acids is 1. The topological polar surface area (TPSA) is 69.6 Å². The monoisotopic (exact) mass is 268 g/mol. The van der Waals surface area contributed by atoms with Gasteiger partial charge in [-0.3, -0.25) is 0 Å². The predicted octanol–water partition coefficient (Wildman–Crippen LogP) is 2.21. The molecule has 0 spiro atoms. The van der Waals surface area contributed by atoms with E-state index < -0.39 is 12.0 Å². The lowest BCUT2D eigenvalue weighted by molar-refractivity contribution is -0.141. The zero-order chi connectivity index (χ0) is 13.8. The van der Waals surface area contributed by atoms with Gasteiger partial charge < -0.3 is 15.3 Å². The highest BCUT2D eigenvalue weighted by atomic mass is 16.4. The van der Waals surface area contributed by atoms with Crippen LogP contribution < -0.4 is 5.32 Å². The number of hydrogen-bond acceptors (Lipinski definition) is 2. The van der Waals surface area contributed by atoms with Crippen LogP contribution in [0.1, 0.15) is 51.9 Å². The van der Waals surface area contributed by atoms with Gasteiger partial charge in [0.25, 0.3) is 0 Å². The van der Waals surface area contributed by atoms with Crippen LogP contribution in [0, 0.1) is 5.92 Å². The first-order valence-corrected chi connectivity index (χ1v) is 7.41. The third kappa shape index (κ3) is 3.39. The predicted molar refractivity (Wildman–Crippen MR) is 71.9 cm³/mol. The Morgan fingerprint density at radius 1 is 1.21 bits per heavy atom. The van der Waals surface area contributed by atoms with Crippen molar-refractivity contribution in [2.45, 2.75) is 64.0 Å². The lowest BCUT2D eigenvalue weighted by Gasteiger charge is -2.31. The summed E-state index contributed by atoms with van der Waals surface area (Å²) in [6.07, 6.45) is 6.96. The van der Waals surface area contributed by atoms with Gasteiger partial charge in [-0.25, -0.2) is 9.59 Å². The molecule has 2 fully saturated rings. The van der Waals surface area contributed by atoms with Gasteiger partial charge in [0.1, 0.15) is 6.04 Å². The van der Waals surface area contributed by atoms with Crippen LogP contribution in [-0.4, -0.2) is 40.6 Å². The third-order valence-electron chi connectivity index (χ3n) is 4.55. The van der Waals surface area contributed by atoms with E-state index in [-0.39, 0.29) is 12.1 Å². The Morgan fingerprint density at radius 3 is 2.47 bits per heavy atom. The maximum atomic E-state index is 12.1. The van der Waals surface area contributed by atoms with Gasteiger partial charge >= 0.3 is 12.0 Å². The third-order valence-corrected chi connectivity index (χ3v) is 4.55. The van der Waals surface area contributed by atoms with Gasteiger partial charge in [0.2, 0.25) is 0 Å². The van der Waals surface area contributed by atoms with Crippen molar-refractivity contribution >= 4 is 12.0 Å². The zero-order valence-electron chi connectivity index (χ0n) is 11.6. The highest BCUT2D eigenvalue weighted by Gasteiger charge is 2.35. The molecular weight excluding hydrogens is 244 g/mol. The van der Waals surface area contributed by atoms with E-state index >= 15 is 0 Å². The quantitative estimate of drug-likeness (QED) is 0.824. The summed E-state index contributed by atoms with van der Waals surface area (Å²) in [5.41, 5.74) is 0. The summed E-state index contributed by atoms with van der Waals surface area (Å²) in [5.74, 6) is -0.0888. The Hall–Kier alpha value is -1.26. The maximum absolute atomic E-state index is 12.1. The molecule has 1 saturated carbocycles. The van der Waals surface area contributed by atoms with Crippen LogP contribution >= 0.6 is 0 Å². The van der Waals surface area contributed by atoms with Crippen molar-refractivity contribution in [3.05, 3.63) is 0 Å². The van der Waals surface area contributed by atoms with E-state index in [0.29, 0.717) is 13.0 Å². The number of rotatable bonds is 3. The van der Waals surface area contributed by atoms with Gasteiger partial charge in [-0.15, -0.1) is 0 Å². The molecule has 0 aromatic carbocycles. The van der Waals surface area contributed by atoms with Crippen LogP contribution in [0.5, 0.6) is 0 Å². The van der Waals surface area contributed by atoms with E-state index in [4.69, 9.17) is 5.11 Å². The van der Waals surface area contributed by atoms with Crippen molar-refractivity contribution in [2.75, 3.05) is 6.54 Å². The lowest BCUT2D eigenvalue weighted by Crippen LogP contribution is -2.49. The first-order chi connectivity index (χ1) is 9.11. The second kappa shape index (κ2) is 6.26. The van der Waals surface area contributed by atoms with Crippen molar-refractivity contribution in [2.24, 2.45) is 5.92 Å². The first-order valence-electron chi connectivity index (χ1n) is 7.41. The fourth-order valence-corrected chi connectivity index (χ4v) is 3.24. The fourth-order valence-electron chi connectivity index (χ4n) is 3.24. The van der Waals surface area contributed by atoms with Crippen LogP contribution in [0.3, 0.4) is 0 Å². The summed E-state index contributed by atoms with van der Waals surface area (Å²) in [6, 6.07) is -0.595. The Kier molecular flexibility index (Phi) is 4.66. The zero-order valence-corrected chi connectivity index (χ0v) is 11.6. The molecule has 2 aliphatic rings. The fraction of sp³-hybridized carbons (Fsp3) is 0.857. The van der Waals surface area contributed by atoms with Crippen molar-refractivity contribution in [3.63, 3.8) is 0 Å². The number of carboxylic acid groups (broad SMARTS) is 1. The molecule has 1 heterocycles. The van der Waals surface area contributed by atoms with Gasteiger partial charge in [-0.1, -0.05) is 13.3 Å². The molecule has 2 rings (SSSR count). The molecule has 1 atom stereocenters. The molecule has 2 N–H and O–H groups in total. The smallest absolute Gasteiger partial charge is 0.326 e. The van der Waals surface area contributed by atoms with Crippen molar-refractivity contribution < 1.29 is 14.7 Å². The molecule has 0 bridgehead atoms. The number of carbonyl (C=O) groups excluding carboxylic acids is 1. The minimum atomic E-state index is -0.887. The first kappa shape index (κ1) is 14.2. The number of carbonyl (C=O) groups is 2. The molecule has 0 radical (unpaired) electrons. The lowest BCUT2D eigenvalue weighted by atomic mass is 9.84. The van der Waals surface area contributed by atoms with Crippen LogP contribution in [0.4, 0.5) is 4.79 Å². The van der Waals surface area contributed by atoms with E-state index in [0.717, 1.165) is 25.2 Å². The van der Waals surface area contributed by atoms with Crippen molar-refractivity contribution in [1.82, 2.24) is 10.2 Å².